The van der Waals surface area contributed by atoms with E-state index in [1.165, 1.54) is 6.20 Å². The molecule has 12 heavy (non-hydrogen) atoms. The molecule has 0 unspecified atom stereocenters. The lowest BCUT2D eigenvalue weighted by molar-refractivity contribution is -0.148. The monoisotopic (exact) mass is 167 g/mol. The molecule has 0 saturated carbocycles. The third-order valence-electron chi connectivity index (χ3n) is 1.98. The lowest BCUT2D eigenvalue weighted by Gasteiger charge is -2.32. The molecule has 0 aliphatic carbocycles. The van der Waals surface area contributed by atoms with Crippen LogP contribution in [0.2, 0.25) is 0 Å². The molecule has 1 aliphatic rings. The topological polar surface area (TPSA) is 37.4 Å². The minimum atomic E-state index is -0.187. The van der Waals surface area contributed by atoms with Gasteiger partial charge in [0.1, 0.15) is 0 Å². The number of rotatable bonds is 1. The van der Waals surface area contributed by atoms with Crippen molar-refractivity contribution in [3.8, 4) is 0 Å². The Balaban J connectivity index is 2.84. The van der Waals surface area contributed by atoms with Gasteiger partial charge in [-0.05, 0) is 5.41 Å². The molecule has 0 N–H and O–H groups in total. The summed E-state index contributed by atoms with van der Waals surface area (Å²) in [6.45, 7) is 7.26. The fourth-order valence-corrected chi connectivity index (χ4v) is 1.39. The van der Waals surface area contributed by atoms with Crippen LogP contribution in [0.5, 0.6) is 0 Å². The molecule has 66 valence electrons. The van der Waals surface area contributed by atoms with Crippen molar-refractivity contribution >= 4 is 11.8 Å². The van der Waals surface area contributed by atoms with Gasteiger partial charge in [0.05, 0.1) is 0 Å². The number of likely N-dealkylation sites (tertiary alicyclic amines) is 1. The van der Waals surface area contributed by atoms with Gasteiger partial charge < -0.3 is 0 Å². The number of carbonyl (C=O) groups excluding carboxylic acids is 2. The van der Waals surface area contributed by atoms with E-state index in [9.17, 15) is 9.59 Å². The van der Waals surface area contributed by atoms with Gasteiger partial charge in [0.15, 0.2) is 0 Å². The Morgan fingerprint density at radius 2 is 1.75 bits per heavy atom. The maximum absolute atomic E-state index is 11.3. The van der Waals surface area contributed by atoms with Gasteiger partial charge in [-0.25, -0.2) is 0 Å². The molecule has 0 aromatic carbocycles. The summed E-state index contributed by atoms with van der Waals surface area (Å²) in [5, 5.41) is 0. The molecule has 0 aromatic rings. The van der Waals surface area contributed by atoms with Crippen LogP contribution < -0.4 is 0 Å². The lowest BCUT2D eigenvalue weighted by atomic mass is 9.82. The minimum absolute atomic E-state index is 0.147. The van der Waals surface area contributed by atoms with Crippen LogP contribution in [-0.2, 0) is 9.59 Å². The molecule has 0 spiro atoms. The van der Waals surface area contributed by atoms with E-state index in [0.29, 0.717) is 12.8 Å². The van der Waals surface area contributed by atoms with Crippen molar-refractivity contribution in [1.82, 2.24) is 4.90 Å². The standard InChI is InChI=1S/C9H13NO2/c1-4-10-7(11)5-9(2,3)6-8(10)12/h4H,1,5-6H2,2-3H3. The van der Waals surface area contributed by atoms with Gasteiger partial charge in [-0.2, -0.15) is 0 Å². The first kappa shape index (κ1) is 8.97. The second kappa shape index (κ2) is 2.73. The Bertz CT molecular complexity index is 223. The summed E-state index contributed by atoms with van der Waals surface area (Å²) >= 11 is 0. The summed E-state index contributed by atoms with van der Waals surface area (Å²) in [5.74, 6) is -0.294. The highest BCUT2D eigenvalue weighted by atomic mass is 16.2. The van der Waals surface area contributed by atoms with Gasteiger partial charge in [0.25, 0.3) is 0 Å². The molecule has 1 heterocycles. The summed E-state index contributed by atoms with van der Waals surface area (Å²) in [7, 11) is 0. The van der Waals surface area contributed by atoms with E-state index in [0.717, 1.165) is 4.90 Å². The second-order valence-corrected chi connectivity index (χ2v) is 3.86. The van der Waals surface area contributed by atoms with Crippen molar-refractivity contribution in [2.45, 2.75) is 26.7 Å². The normalized spacial score (nSPS) is 22.7. The van der Waals surface area contributed by atoms with Crippen LogP contribution in [0.1, 0.15) is 26.7 Å². The number of imide groups is 1. The van der Waals surface area contributed by atoms with Crippen LogP contribution in [0.25, 0.3) is 0 Å². The van der Waals surface area contributed by atoms with Crippen LogP contribution in [-0.4, -0.2) is 16.7 Å². The quantitative estimate of drug-likeness (QED) is 0.552. The Morgan fingerprint density at radius 1 is 1.33 bits per heavy atom. The van der Waals surface area contributed by atoms with Crippen LogP contribution >= 0.6 is 0 Å². The second-order valence-electron chi connectivity index (χ2n) is 3.86. The number of nitrogens with zero attached hydrogens (tertiary/aromatic N) is 1. The zero-order chi connectivity index (χ0) is 9.35. The zero-order valence-corrected chi connectivity index (χ0v) is 7.46. The molecule has 1 rings (SSSR count). The van der Waals surface area contributed by atoms with Crippen molar-refractivity contribution in [1.29, 1.82) is 0 Å². The lowest BCUT2D eigenvalue weighted by Crippen LogP contribution is -2.42. The van der Waals surface area contributed by atoms with E-state index >= 15 is 0 Å². The predicted molar refractivity (Wildman–Crippen MR) is 45.1 cm³/mol. The predicted octanol–water partition coefficient (Wildman–Crippen LogP) is 1.31. The van der Waals surface area contributed by atoms with Crippen molar-refractivity contribution in [2.75, 3.05) is 0 Å². The summed E-state index contributed by atoms with van der Waals surface area (Å²) in [5.41, 5.74) is -0.187. The number of amides is 2. The average Bonchev–Trinajstić information content (AvgIpc) is 1.82. The van der Waals surface area contributed by atoms with Gasteiger partial charge in [0.2, 0.25) is 11.8 Å². The summed E-state index contributed by atoms with van der Waals surface area (Å²) in [6.07, 6.45) is 2.13. The average molecular weight is 167 g/mol. The molecule has 1 fully saturated rings. The molecule has 3 heteroatoms. The molecule has 1 aliphatic heterocycles. The largest absolute Gasteiger partial charge is 0.274 e. The van der Waals surface area contributed by atoms with Crippen LogP contribution in [0.3, 0.4) is 0 Å². The first-order chi connectivity index (χ1) is 5.46. The SMILES string of the molecule is C=CN1C(=O)CC(C)(C)CC1=O. The van der Waals surface area contributed by atoms with Crippen LogP contribution in [0.15, 0.2) is 12.8 Å². The third-order valence-corrected chi connectivity index (χ3v) is 1.98. The van der Waals surface area contributed by atoms with Gasteiger partial charge in [-0.15, -0.1) is 0 Å². The summed E-state index contributed by atoms with van der Waals surface area (Å²) < 4.78 is 0. The molecule has 2 amide bonds. The van der Waals surface area contributed by atoms with Gasteiger partial charge >= 0.3 is 0 Å². The van der Waals surface area contributed by atoms with Gasteiger partial charge in [0, 0.05) is 19.0 Å². The summed E-state index contributed by atoms with van der Waals surface area (Å²) in [6, 6.07) is 0. The van der Waals surface area contributed by atoms with Crippen molar-refractivity contribution in [2.24, 2.45) is 5.41 Å². The van der Waals surface area contributed by atoms with Crippen molar-refractivity contribution in [3.63, 3.8) is 0 Å². The molecule has 0 radical (unpaired) electrons. The van der Waals surface area contributed by atoms with Crippen LogP contribution in [0, 0.1) is 5.41 Å². The molecular weight excluding hydrogens is 154 g/mol. The molecule has 1 saturated heterocycles. The Kier molecular flexibility index (Phi) is 2.04. The van der Waals surface area contributed by atoms with Crippen molar-refractivity contribution < 1.29 is 9.59 Å². The third kappa shape index (κ3) is 1.55. The highest BCUT2D eigenvalue weighted by Gasteiger charge is 2.35. The van der Waals surface area contributed by atoms with Crippen molar-refractivity contribution in [3.05, 3.63) is 12.8 Å². The van der Waals surface area contributed by atoms with Crippen LogP contribution in [0.4, 0.5) is 0 Å². The Morgan fingerprint density at radius 3 is 2.08 bits per heavy atom. The molecule has 0 atom stereocenters. The number of hydrogen-bond donors (Lipinski definition) is 0. The van der Waals surface area contributed by atoms with E-state index in [2.05, 4.69) is 6.58 Å². The first-order valence-electron chi connectivity index (χ1n) is 3.94. The maximum Gasteiger partial charge on any atom is 0.233 e. The Hall–Kier alpha value is -1.12. The molecule has 0 bridgehead atoms. The van der Waals surface area contributed by atoms with E-state index < -0.39 is 0 Å². The fourth-order valence-electron chi connectivity index (χ4n) is 1.39. The summed E-state index contributed by atoms with van der Waals surface area (Å²) in [4.78, 5) is 23.7. The van der Waals surface area contributed by atoms with E-state index in [4.69, 9.17) is 0 Å². The molecule has 3 nitrogen and oxygen atoms in total. The number of piperidine rings is 1. The zero-order valence-electron chi connectivity index (χ0n) is 7.46. The Labute approximate surface area is 72.0 Å². The number of hydrogen-bond acceptors (Lipinski definition) is 2. The van der Waals surface area contributed by atoms with Gasteiger partial charge in [-0.3, -0.25) is 14.5 Å². The number of carbonyl (C=O) groups is 2. The highest BCUT2D eigenvalue weighted by Crippen LogP contribution is 2.31. The van der Waals surface area contributed by atoms with E-state index in [1.54, 1.807) is 0 Å². The molecule has 0 aromatic heterocycles. The first-order valence-corrected chi connectivity index (χ1v) is 3.94. The molecular formula is C9H13NO2. The van der Waals surface area contributed by atoms with Gasteiger partial charge in [-0.1, -0.05) is 20.4 Å². The fraction of sp³-hybridized carbons (Fsp3) is 0.556. The minimum Gasteiger partial charge on any atom is -0.274 e. The van der Waals surface area contributed by atoms with E-state index in [-0.39, 0.29) is 17.2 Å². The maximum atomic E-state index is 11.3. The smallest absolute Gasteiger partial charge is 0.233 e. The van der Waals surface area contributed by atoms with E-state index in [1.807, 2.05) is 13.8 Å². The highest BCUT2D eigenvalue weighted by molar-refractivity contribution is 5.99.